The minimum Gasteiger partial charge on any atom is -0.478 e. The zero-order chi connectivity index (χ0) is 29.2. The van der Waals surface area contributed by atoms with Gasteiger partial charge in [-0.1, -0.05) is 42.0 Å². The Balaban J connectivity index is 1.66. The number of carboxylic acid groups (broad SMARTS) is 1. The van der Waals surface area contributed by atoms with Gasteiger partial charge < -0.3 is 19.5 Å². The standard InChI is InChI=1S/C32H35NO6S/c1-19-7-11-24(12-8-19)38-31(37)33-17-26(27(18-33)28(34)22-9-13-25(40-6)14-10-22)23-15-20(2)29(21(3)16-23)39-32(4,5)30(35)36/h7-16,26-27H,17-18H2,1-6H3,(H,35,36). The van der Waals surface area contributed by atoms with Crippen LogP contribution in [0.5, 0.6) is 11.5 Å². The topological polar surface area (TPSA) is 93.1 Å². The summed E-state index contributed by atoms with van der Waals surface area (Å²) in [6, 6.07) is 18.6. The van der Waals surface area contributed by atoms with E-state index in [4.69, 9.17) is 9.47 Å². The molecule has 0 aromatic heterocycles. The van der Waals surface area contributed by atoms with E-state index in [0.29, 0.717) is 23.6 Å². The van der Waals surface area contributed by atoms with Crippen LogP contribution in [0, 0.1) is 26.7 Å². The number of thioether (sulfide) groups is 1. The van der Waals surface area contributed by atoms with E-state index < -0.39 is 23.6 Å². The molecule has 2 unspecified atom stereocenters. The van der Waals surface area contributed by atoms with Crippen LogP contribution in [-0.2, 0) is 4.79 Å². The number of carbonyl (C=O) groups excluding carboxylic acids is 2. The number of rotatable bonds is 8. The van der Waals surface area contributed by atoms with E-state index in [9.17, 15) is 19.5 Å². The maximum Gasteiger partial charge on any atom is 0.415 e. The molecule has 2 atom stereocenters. The molecule has 0 spiro atoms. The Hall–Kier alpha value is -3.78. The average molecular weight is 562 g/mol. The lowest BCUT2D eigenvalue weighted by Crippen LogP contribution is -2.38. The molecule has 40 heavy (non-hydrogen) atoms. The Morgan fingerprint density at radius 3 is 2.08 bits per heavy atom. The van der Waals surface area contributed by atoms with Crippen LogP contribution in [0.1, 0.15) is 52.4 Å². The maximum absolute atomic E-state index is 13.8. The number of ketones is 1. The fraction of sp³-hybridized carbons (Fsp3) is 0.344. The molecular weight excluding hydrogens is 526 g/mol. The number of nitrogens with zero attached hydrogens (tertiary/aromatic N) is 1. The lowest BCUT2D eigenvalue weighted by atomic mass is 9.82. The second-order valence-corrected chi connectivity index (χ2v) is 11.7. The first-order chi connectivity index (χ1) is 18.9. The number of benzene rings is 3. The second kappa shape index (κ2) is 11.8. The summed E-state index contributed by atoms with van der Waals surface area (Å²) in [7, 11) is 0. The number of likely N-dealkylation sites (tertiary alicyclic amines) is 1. The molecule has 210 valence electrons. The van der Waals surface area contributed by atoms with E-state index in [-0.39, 0.29) is 18.2 Å². The van der Waals surface area contributed by atoms with Crippen molar-refractivity contribution in [3.05, 3.63) is 88.5 Å². The second-order valence-electron chi connectivity index (χ2n) is 10.8. The van der Waals surface area contributed by atoms with E-state index in [0.717, 1.165) is 27.1 Å². The number of carbonyl (C=O) groups is 3. The Bertz CT molecular complexity index is 1390. The maximum atomic E-state index is 13.8. The van der Waals surface area contributed by atoms with Crippen LogP contribution in [0.3, 0.4) is 0 Å². The molecule has 1 amide bonds. The van der Waals surface area contributed by atoms with Crippen molar-refractivity contribution in [1.29, 1.82) is 0 Å². The molecular formula is C32H35NO6S. The fourth-order valence-corrected chi connectivity index (χ4v) is 5.36. The molecule has 4 rings (SSSR count). The number of aliphatic carboxylic acids is 1. The van der Waals surface area contributed by atoms with Gasteiger partial charge in [0.25, 0.3) is 0 Å². The van der Waals surface area contributed by atoms with E-state index in [2.05, 4.69) is 0 Å². The molecule has 1 aliphatic heterocycles. The van der Waals surface area contributed by atoms with Crippen LogP contribution >= 0.6 is 11.8 Å². The Labute approximate surface area is 239 Å². The summed E-state index contributed by atoms with van der Waals surface area (Å²) >= 11 is 1.61. The van der Waals surface area contributed by atoms with E-state index in [1.54, 1.807) is 28.8 Å². The summed E-state index contributed by atoms with van der Waals surface area (Å²) < 4.78 is 11.5. The largest absolute Gasteiger partial charge is 0.478 e. The van der Waals surface area contributed by atoms with Crippen molar-refractivity contribution in [1.82, 2.24) is 4.90 Å². The van der Waals surface area contributed by atoms with Gasteiger partial charge in [0.2, 0.25) is 0 Å². The first kappa shape index (κ1) is 29.2. The number of ether oxygens (including phenoxy) is 2. The van der Waals surface area contributed by atoms with Crippen molar-refractivity contribution in [2.24, 2.45) is 5.92 Å². The van der Waals surface area contributed by atoms with E-state index in [1.807, 2.05) is 75.6 Å². The summed E-state index contributed by atoms with van der Waals surface area (Å²) in [5.41, 5.74) is 2.67. The molecule has 1 N–H and O–H groups in total. The third-order valence-corrected chi connectivity index (χ3v) is 8.04. The van der Waals surface area contributed by atoms with Gasteiger partial charge in [0.1, 0.15) is 11.5 Å². The van der Waals surface area contributed by atoms with Gasteiger partial charge in [-0.05, 0) is 81.8 Å². The summed E-state index contributed by atoms with van der Waals surface area (Å²) in [6.45, 7) is 9.23. The minimum absolute atomic E-state index is 0.0362. The highest BCUT2D eigenvalue weighted by Gasteiger charge is 2.42. The van der Waals surface area contributed by atoms with Crippen LogP contribution in [-0.4, -0.2) is 52.8 Å². The highest BCUT2D eigenvalue weighted by Crippen LogP contribution is 2.39. The molecule has 1 heterocycles. The average Bonchev–Trinajstić information content (AvgIpc) is 3.37. The van der Waals surface area contributed by atoms with Gasteiger partial charge in [-0.2, -0.15) is 0 Å². The first-order valence-corrected chi connectivity index (χ1v) is 14.4. The molecule has 0 bridgehead atoms. The van der Waals surface area contributed by atoms with Crippen LogP contribution < -0.4 is 9.47 Å². The van der Waals surface area contributed by atoms with Gasteiger partial charge in [0.05, 0.1) is 0 Å². The van der Waals surface area contributed by atoms with Crippen LogP contribution in [0.4, 0.5) is 4.79 Å². The van der Waals surface area contributed by atoms with E-state index in [1.165, 1.54) is 13.8 Å². The van der Waals surface area contributed by atoms with Crippen molar-refractivity contribution < 1.29 is 29.0 Å². The van der Waals surface area contributed by atoms with Crippen LogP contribution in [0.2, 0.25) is 0 Å². The number of hydrogen-bond donors (Lipinski definition) is 1. The van der Waals surface area contributed by atoms with Crippen molar-refractivity contribution in [3.63, 3.8) is 0 Å². The zero-order valence-electron chi connectivity index (χ0n) is 23.7. The van der Waals surface area contributed by atoms with Crippen LogP contribution in [0.15, 0.2) is 65.6 Å². The SMILES string of the molecule is CSc1ccc(C(=O)C2CN(C(=O)Oc3ccc(C)cc3)CC2c2cc(C)c(OC(C)(C)C(=O)O)c(C)c2)cc1. The highest BCUT2D eigenvalue weighted by atomic mass is 32.2. The van der Waals surface area contributed by atoms with Crippen molar-refractivity contribution in [2.45, 2.75) is 51.0 Å². The summed E-state index contributed by atoms with van der Waals surface area (Å²) in [4.78, 5) is 41.3. The highest BCUT2D eigenvalue weighted by molar-refractivity contribution is 7.98. The van der Waals surface area contributed by atoms with Gasteiger partial charge in [-0.3, -0.25) is 4.79 Å². The third-order valence-electron chi connectivity index (χ3n) is 7.30. The Morgan fingerprint density at radius 2 is 1.52 bits per heavy atom. The minimum atomic E-state index is -1.40. The van der Waals surface area contributed by atoms with Gasteiger partial charge in [0, 0.05) is 35.4 Å². The number of carboxylic acids is 1. The quantitative estimate of drug-likeness (QED) is 0.242. The molecule has 8 heteroatoms. The van der Waals surface area contributed by atoms with Gasteiger partial charge in [-0.25, -0.2) is 9.59 Å². The third kappa shape index (κ3) is 6.33. The Morgan fingerprint density at radius 1 is 0.925 bits per heavy atom. The monoisotopic (exact) mass is 561 g/mol. The lowest BCUT2D eigenvalue weighted by Gasteiger charge is -2.26. The number of hydrogen-bond acceptors (Lipinski definition) is 6. The predicted octanol–water partition coefficient (Wildman–Crippen LogP) is 6.67. The van der Waals surface area contributed by atoms with Gasteiger partial charge in [0.15, 0.2) is 11.4 Å². The molecule has 1 saturated heterocycles. The molecule has 3 aromatic carbocycles. The predicted molar refractivity (Wildman–Crippen MR) is 156 cm³/mol. The molecule has 0 aliphatic carbocycles. The van der Waals surface area contributed by atoms with Crippen LogP contribution in [0.25, 0.3) is 0 Å². The number of Topliss-reactive ketones (excluding diaryl/α,β-unsaturated/α-hetero) is 1. The molecule has 0 radical (unpaired) electrons. The zero-order valence-corrected chi connectivity index (χ0v) is 24.5. The number of amides is 1. The molecule has 3 aromatic rings. The molecule has 1 aliphatic rings. The smallest absolute Gasteiger partial charge is 0.415 e. The van der Waals surface area contributed by atoms with Crippen molar-refractivity contribution in [3.8, 4) is 11.5 Å². The molecule has 1 fully saturated rings. The van der Waals surface area contributed by atoms with Crippen molar-refractivity contribution in [2.75, 3.05) is 19.3 Å². The summed E-state index contributed by atoms with van der Waals surface area (Å²) in [5, 5.41) is 9.54. The first-order valence-electron chi connectivity index (χ1n) is 13.1. The van der Waals surface area contributed by atoms with Crippen molar-refractivity contribution >= 4 is 29.6 Å². The van der Waals surface area contributed by atoms with Gasteiger partial charge >= 0.3 is 12.1 Å². The normalized spacial score (nSPS) is 17.0. The lowest BCUT2D eigenvalue weighted by molar-refractivity contribution is -0.152. The van der Waals surface area contributed by atoms with Gasteiger partial charge in [-0.15, -0.1) is 11.8 Å². The summed E-state index contributed by atoms with van der Waals surface area (Å²) in [5.74, 6) is -0.911. The number of aryl methyl sites for hydroxylation is 3. The summed E-state index contributed by atoms with van der Waals surface area (Å²) in [6.07, 6.45) is 1.48. The fourth-order valence-electron chi connectivity index (χ4n) is 4.95. The Kier molecular flexibility index (Phi) is 8.59. The van der Waals surface area contributed by atoms with E-state index >= 15 is 0 Å². The molecule has 7 nitrogen and oxygen atoms in total. The molecule has 0 saturated carbocycles.